The zero-order valence-electron chi connectivity index (χ0n) is 24.5. The molecule has 1 nitrogen and oxygen atoms in total. The van der Waals surface area contributed by atoms with Crippen molar-refractivity contribution >= 4 is 29.5 Å². The Labute approximate surface area is 220 Å². The number of aldehydes is 1. The summed E-state index contributed by atoms with van der Waals surface area (Å²) in [6, 6.07) is 5.70. The van der Waals surface area contributed by atoms with Gasteiger partial charge in [-0.2, -0.15) is 0 Å². The van der Waals surface area contributed by atoms with Crippen molar-refractivity contribution in [1.82, 2.24) is 0 Å². The monoisotopic (exact) mass is 506 g/mol. The summed E-state index contributed by atoms with van der Waals surface area (Å²) in [4.78, 5) is 9.17. The molecule has 3 heteroatoms. The average molecular weight is 508 g/mol. The summed E-state index contributed by atoms with van der Waals surface area (Å²) in [5.41, 5.74) is 1.22. The van der Waals surface area contributed by atoms with Crippen LogP contribution in [0.5, 0.6) is 0 Å². The van der Waals surface area contributed by atoms with E-state index in [1.54, 1.807) is 0 Å². The van der Waals surface area contributed by atoms with Crippen LogP contribution in [0.2, 0.25) is 10.0 Å². The highest BCUT2D eigenvalue weighted by molar-refractivity contribution is 6.42. The van der Waals surface area contributed by atoms with Gasteiger partial charge in [-0.05, 0) is 36.0 Å². The summed E-state index contributed by atoms with van der Waals surface area (Å²) in [5.74, 6) is 1.86. The molecule has 0 spiro atoms. The number of benzene rings is 1. The number of carbonyl (C=O) groups excluding carboxylic acids is 1. The van der Waals surface area contributed by atoms with Crippen molar-refractivity contribution in [3.63, 3.8) is 0 Å². The van der Waals surface area contributed by atoms with Gasteiger partial charge in [0.25, 0.3) is 0 Å². The molecule has 1 rings (SSSR count). The normalized spacial score (nSPS) is 8.85. The van der Waals surface area contributed by atoms with Gasteiger partial charge in [0.05, 0.1) is 10.0 Å². The number of hydrogen-bond acceptors (Lipinski definition) is 1. The maximum absolute atomic E-state index is 9.17. The van der Waals surface area contributed by atoms with Crippen LogP contribution >= 0.6 is 23.2 Å². The van der Waals surface area contributed by atoms with Crippen LogP contribution in [0.15, 0.2) is 18.2 Å². The lowest BCUT2D eigenvalue weighted by atomic mass is 9.98. The number of halogens is 2. The summed E-state index contributed by atoms with van der Waals surface area (Å²) in [6.07, 6.45) is 12.3. The van der Waals surface area contributed by atoms with E-state index in [1.165, 1.54) is 50.5 Å². The maximum atomic E-state index is 9.17. The summed E-state index contributed by atoms with van der Waals surface area (Å²) in [6.45, 7) is 25.5. The third-order valence-corrected chi connectivity index (χ3v) is 5.22. The molecule has 0 saturated heterocycles. The van der Waals surface area contributed by atoms with E-state index < -0.39 is 0 Å². The van der Waals surface area contributed by atoms with Crippen LogP contribution in [0, 0.1) is 11.8 Å². The molecule has 0 aliphatic rings. The molecule has 0 atom stereocenters. The van der Waals surface area contributed by atoms with Gasteiger partial charge in [-0.1, -0.05) is 157 Å². The quantitative estimate of drug-likeness (QED) is 0.304. The molecule has 0 fully saturated rings. The lowest BCUT2D eigenvalue weighted by molar-refractivity contribution is -0.107. The predicted molar refractivity (Wildman–Crippen MR) is 158 cm³/mol. The molecule has 0 aliphatic carbocycles. The highest BCUT2D eigenvalue weighted by Gasteiger charge is 1.99. The Morgan fingerprint density at radius 1 is 0.788 bits per heavy atom. The van der Waals surface area contributed by atoms with E-state index in [4.69, 9.17) is 23.2 Å². The standard InChI is InChI=1S/C10H22.C8H8Cl2.C5H12.C3H6O.2C2H6/c1-4-6-8-10(3)9-7-5-2;1-2-6-3-4-7(9)8(10)5-6;1-4-5(2)3;1-2-3-4;2*1-2/h10H,4-9H2,1-3H3;3-5H,2H2,1H3;5H,4H2,1-3H3;3H,2H2,1H3;2*1-2H3. The number of unbranched alkanes of at least 4 members (excludes halogenated alkanes) is 2. The van der Waals surface area contributed by atoms with Crippen LogP contribution in [0.3, 0.4) is 0 Å². The highest BCUT2D eigenvalue weighted by Crippen LogP contribution is 2.22. The van der Waals surface area contributed by atoms with E-state index >= 15 is 0 Å². The molecule has 0 aromatic heterocycles. The van der Waals surface area contributed by atoms with Crippen molar-refractivity contribution in [3.05, 3.63) is 33.8 Å². The summed E-state index contributed by atoms with van der Waals surface area (Å²) in [7, 11) is 0. The third kappa shape index (κ3) is 42.1. The fraction of sp³-hybridized carbons (Fsp3) is 0.767. The zero-order valence-corrected chi connectivity index (χ0v) is 26.0. The van der Waals surface area contributed by atoms with Crippen LogP contribution in [0.4, 0.5) is 0 Å². The Balaban J connectivity index is -0.000000106. The molecule has 1 aromatic rings. The molecule has 200 valence electrons. The molecule has 1 aromatic carbocycles. The van der Waals surface area contributed by atoms with Gasteiger partial charge in [0.15, 0.2) is 0 Å². The molecule has 0 aliphatic heterocycles. The van der Waals surface area contributed by atoms with Crippen molar-refractivity contribution in [2.45, 2.75) is 141 Å². The maximum Gasteiger partial charge on any atom is 0.119 e. The van der Waals surface area contributed by atoms with E-state index in [0.29, 0.717) is 16.5 Å². The number of carbonyl (C=O) groups is 1. The molecule has 0 heterocycles. The van der Waals surface area contributed by atoms with Crippen molar-refractivity contribution in [1.29, 1.82) is 0 Å². The lowest BCUT2D eigenvalue weighted by Gasteiger charge is -2.08. The van der Waals surface area contributed by atoms with Gasteiger partial charge in [-0.25, -0.2) is 0 Å². The van der Waals surface area contributed by atoms with Gasteiger partial charge in [-0.15, -0.1) is 0 Å². The summed E-state index contributed by atoms with van der Waals surface area (Å²) in [5, 5.41) is 1.26. The largest absolute Gasteiger partial charge is 0.303 e. The molecular weight excluding hydrogens is 447 g/mol. The second-order valence-electron chi connectivity index (χ2n) is 7.87. The van der Waals surface area contributed by atoms with E-state index in [0.717, 1.165) is 24.5 Å². The van der Waals surface area contributed by atoms with Crippen molar-refractivity contribution in [3.8, 4) is 0 Å². The van der Waals surface area contributed by atoms with Gasteiger partial charge in [0, 0.05) is 6.42 Å². The van der Waals surface area contributed by atoms with Crippen LogP contribution in [-0.2, 0) is 11.2 Å². The van der Waals surface area contributed by atoms with Crippen LogP contribution in [0.25, 0.3) is 0 Å². The topological polar surface area (TPSA) is 17.1 Å². The molecule has 0 saturated carbocycles. The molecular formula is C30H60Cl2O. The van der Waals surface area contributed by atoms with Crippen molar-refractivity contribution < 1.29 is 4.79 Å². The Hall–Kier alpha value is -0.530. The second kappa shape index (κ2) is 38.7. The molecule has 0 amide bonds. The Morgan fingerprint density at radius 2 is 1.18 bits per heavy atom. The third-order valence-electron chi connectivity index (χ3n) is 4.48. The zero-order chi connectivity index (χ0) is 27.1. The number of hydrogen-bond donors (Lipinski definition) is 0. The van der Waals surface area contributed by atoms with Crippen molar-refractivity contribution in [2.75, 3.05) is 0 Å². The smallest absolute Gasteiger partial charge is 0.119 e. The van der Waals surface area contributed by atoms with Gasteiger partial charge < -0.3 is 4.79 Å². The number of aryl methyl sites for hydroxylation is 1. The molecule has 33 heavy (non-hydrogen) atoms. The minimum Gasteiger partial charge on any atom is -0.303 e. The Kier molecular flexibility index (Phi) is 50.0. The Bertz CT molecular complexity index is 451. The Morgan fingerprint density at radius 3 is 1.42 bits per heavy atom. The van der Waals surface area contributed by atoms with E-state index in [1.807, 2.05) is 52.8 Å². The predicted octanol–water partition coefficient (Wildman–Crippen LogP) is 12.3. The first-order valence-electron chi connectivity index (χ1n) is 13.6. The fourth-order valence-electron chi connectivity index (χ4n) is 2.01. The SMILES string of the molecule is CC.CC.CCC(C)C.CCC=O.CCCCC(C)CCCC.CCc1ccc(Cl)c(Cl)c1. The van der Waals surface area contributed by atoms with Crippen LogP contribution < -0.4 is 0 Å². The van der Waals surface area contributed by atoms with Gasteiger partial charge in [0.1, 0.15) is 6.29 Å². The van der Waals surface area contributed by atoms with Gasteiger partial charge >= 0.3 is 0 Å². The molecule has 0 radical (unpaired) electrons. The minimum absolute atomic E-state index is 0.624. The van der Waals surface area contributed by atoms with Gasteiger partial charge in [-0.3, -0.25) is 0 Å². The highest BCUT2D eigenvalue weighted by atomic mass is 35.5. The van der Waals surface area contributed by atoms with E-state index in [-0.39, 0.29) is 0 Å². The fourth-order valence-corrected chi connectivity index (χ4v) is 2.33. The number of rotatable bonds is 9. The molecule has 0 bridgehead atoms. The molecule has 0 N–H and O–H groups in total. The first-order valence-corrected chi connectivity index (χ1v) is 14.4. The minimum atomic E-state index is 0.624. The lowest BCUT2D eigenvalue weighted by Crippen LogP contribution is -1.93. The first-order chi connectivity index (χ1) is 15.7. The summed E-state index contributed by atoms with van der Waals surface area (Å²) >= 11 is 11.5. The summed E-state index contributed by atoms with van der Waals surface area (Å²) < 4.78 is 0. The van der Waals surface area contributed by atoms with Crippen molar-refractivity contribution in [2.24, 2.45) is 11.8 Å². The van der Waals surface area contributed by atoms with Gasteiger partial charge in [0.2, 0.25) is 0 Å². The van der Waals surface area contributed by atoms with E-state index in [2.05, 4.69) is 48.5 Å². The van der Waals surface area contributed by atoms with E-state index in [9.17, 15) is 4.79 Å². The van der Waals surface area contributed by atoms with Crippen LogP contribution in [-0.4, -0.2) is 6.29 Å². The second-order valence-corrected chi connectivity index (χ2v) is 8.68. The first kappa shape index (κ1) is 42.6. The average Bonchev–Trinajstić information content (AvgIpc) is 2.86. The van der Waals surface area contributed by atoms with Crippen LogP contribution in [0.1, 0.15) is 140 Å². The molecule has 0 unspecified atom stereocenters.